The minimum Gasteiger partial charge on any atom is -0.398 e. The summed E-state index contributed by atoms with van der Waals surface area (Å²) < 4.78 is 0. The van der Waals surface area contributed by atoms with Crippen molar-refractivity contribution in [2.45, 2.75) is 6.92 Å². The molecule has 4 heteroatoms. The zero-order valence-electron chi connectivity index (χ0n) is 14.1. The largest absolute Gasteiger partial charge is 0.398 e. The topological polar surface area (TPSA) is 77.2 Å². The van der Waals surface area contributed by atoms with Gasteiger partial charge < -0.3 is 5.73 Å². The Balaban J connectivity index is 1.90. The fraction of sp³-hybridized carbons (Fsp3) is 0.0455. The summed E-state index contributed by atoms with van der Waals surface area (Å²) in [6.45, 7) is 1.84. The van der Waals surface area contributed by atoms with Gasteiger partial charge in [0.15, 0.2) is 17.3 Å². The Bertz CT molecular complexity index is 1110. The summed E-state index contributed by atoms with van der Waals surface area (Å²) in [6.07, 6.45) is 0. The number of fused-ring (bicyclic) bond motifs is 2. The van der Waals surface area contributed by atoms with Crippen LogP contribution >= 0.6 is 0 Å². The molecule has 3 aromatic rings. The molecule has 26 heavy (non-hydrogen) atoms. The highest BCUT2D eigenvalue weighted by molar-refractivity contribution is 6.31. The predicted molar refractivity (Wildman–Crippen MR) is 98.8 cm³/mol. The van der Waals surface area contributed by atoms with E-state index in [4.69, 9.17) is 5.73 Å². The maximum Gasteiger partial charge on any atom is 0.196 e. The molecule has 2 N–H and O–H groups in total. The molecule has 0 aromatic heterocycles. The highest BCUT2D eigenvalue weighted by atomic mass is 16.1. The first-order valence-corrected chi connectivity index (χ1v) is 8.22. The SMILES string of the molecule is Cc1ccccc1C(=O)c1ccc2c(c1N)C(=O)c1ccccc1C2=O. The molecule has 0 atom stereocenters. The van der Waals surface area contributed by atoms with Crippen molar-refractivity contribution in [2.24, 2.45) is 0 Å². The van der Waals surface area contributed by atoms with Crippen LogP contribution in [0.3, 0.4) is 0 Å². The number of hydrogen-bond acceptors (Lipinski definition) is 4. The van der Waals surface area contributed by atoms with E-state index in [0.29, 0.717) is 16.7 Å². The zero-order chi connectivity index (χ0) is 18.4. The summed E-state index contributed by atoms with van der Waals surface area (Å²) in [5.41, 5.74) is 8.89. The van der Waals surface area contributed by atoms with E-state index in [2.05, 4.69) is 0 Å². The number of carbonyl (C=O) groups is 3. The van der Waals surface area contributed by atoms with E-state index < -0.39 is 0 Å². The molecule has 0 heterocycles. The third-order valence-electron chi connectivity index (χ3n) is 4.77. The average Bonchev–Trinajstić information content (AvgIpc) is 2.66. The van der Waals surface area contributed by atoms with Crippen LogP contribution in [0.5, 0.6) is 0 Å². The van der Waals surface area contributed by atoms with Gasteiger partial charge in [-0.25, -0.2) is 0 Å². The summed E-state index contributed by atoms with van der Waals surface area (Å²) in [6, 6.07) is 16.9. The number of anilines is 1. The molecule has 0 aliphatic heterocycles. The van der Waals surface area contributed by atoms with Crippen molar-refractivity contribution >= 4 is 23.0 Å². The third-order valence-corrected chi connectivity index (χ3v) is 4.77. The maximum atomic E-state index is 12.9. The van der Waals surface area contributed by atoms with Gasteiger partial charge in [-0.15, -0.1) is 0 Å². The molecule has 0 fully saturated rings. The molecule has 0 amide bonds. The number of benzene rings is 3. The highest BCUT2D eigenvalue weighted by Gasteiger charge is 2.32. The molecule has 0 radical (unpaired) electrons. The first kappa shape index (κ1) is 16.0. The van der Waals surface area contributed by atoms with E-state index in [9.17, 15) is 14.4 Å². The van der Waals surface area contributed by atoms with Crippen LogP contribution in [0.25, 0.3) is 0 Å². The quantitative estimate of drug-likeness (QED) is 0.446. The number of carbonyl (C=O) groups excluding carboxylic acids is 3. The summed E-state index contributed by atoms with van der Waals surface area (Å²) in [4.78, 5) is 38.6. The number of nitrogen functional groups attached to an aromatic ring is 1. The highest BCUT2D eigenvalue weighted by Crippen LogP contribution is 2.33. The van der Waals surface area contributed by atoms with Gasteiger partial charge in [0.1, 0.15) is 0 Å². The lowest BCUT2D eigenvalue weighted by molar-refractivity contribution is 0.0979. The second-order valence-corrected chi connectivity index (χ2v) is 6.30. The average molecular weight is 341 g/mol. The fourth-order valence-corrected chi connectivity index (χ4v) is 3.38. The maximum absolute atomic E-state index is 12.9. The molecule has 0 saturated heterocycles. The van der Waals surface area contributed by atoms with Crippen LogP contribution in [0, 0.1) is 6.92 Å². The van der Waals surface area contributed by atoms with Crippen molar-refractivity contribution in [3.05, 3.63) is 99.6 Å². The van der Waals surface area contributed by atoms with E-state index in [1.54, 1.807) is 36.4 Å². The van der Waals surface area contributed by atoms with E-state index in [1.165, 1.54) is 12.1 Å². The Morgan fingerprint density at radius 1 is 0.731 bits per heavy atom. The van der Waals surface area contributed by atoms with Gasteiger partial charge in [-0.05, 0) is 24.6 Å². The number of ketones is 3. The van der Waals surface area contributed by atoms with Gasteiger partial charge in [0.05, 0.1) is 11.3 Å². The summed E-state index contributed by atoms with van der Waals surface area (Å²) >= 11 is 0. The molecule has 1 aliphatic carbocycles. The molecular weight excluding hydrogens is 326 g/mol. The van der Waals surface area contributed by atoms with E-state index >= 15 is 0 Å². The Labute approximate surface area is 150 Å². The molecule has 0 bridgehead atoms. The summed E-state index contributed by atoms with van der Waals surface area (Å²) in [7, 11) is 0. The van der Waals surface area contributed by atoms with E-state index in [0.717, 1.165) is 5.56 Å². The van der Waals surface area contributed by atoms with Gasteiger partial charge in [-0.1, -0.05) is 48.5 Å². The number of rotatable bonds is 2. The smallest absolute Gasteiger partial charge is 0.196 e. The molecule has 0 spiro atoms. The first-order chi connectivity index (χ1) is 12.5. The van der Waals surface area contributed by atoms with Crippen molar-refractivity contribution in [2.75, 3.05) is 5.73 Å². The standard InChI is InChI=1S/C22H15NO3/c1-12-6-2-3-7-13(12)20(24)17-11-10-16-18(19(17)23)22(26)15-9-5-4-8-14(15)21(16)25/h2-11H,23H2,1H3. The Morgan fingerprint density at radius 3 is 2.04 bits per heavy atom. The fourth-order valence-electron chi connectivity index (χ4n) is 3.38. The second kappa shape index (κ2) is 5.77. The molecule has 3 aromatic carbocycles. The molecular formula is C22H15NO3. The van der Waals surface area contributed by atoms with Gasteiger partial charge in [-0.2, -0.15) is 0 Å². The van der Waals surface area contributed by atoms with Gasteiger partial charge in [0.25, 0.3) is 0 Å². The second-order valence-electron chi connectivity index (χ2n) is 6.30. The minimum absolute atomic E-state index is 0.0589. The van der Waals surface area contributed by atoms with Crippen LogP contribution in [0.15, 0.2) is 60.7 Å². The minimum atomic E-state index is -0.327. The van der Waals surface area contributed by atoms with Crippen LogP contribution < -0.4 is 5.73 Å². The zero-order valence-corrected chi connectivity index (χ0v) is 14.1. The third kappa shape index (κ3) is 2.19. The van der Waals surface area contributed by atoms with Crippen molar-refractivity contribution in [3.63, 3.8) is 0 Å². The Kier molecular flexibility index (Phi) is 3.55. The predicted octanol–water partition coefficient (Wildman–Crippen LogP) is 3.58. The van der Waals surface area contributed by atoms with Gasteiger partial charge in [0.2, 0.25) is 0 Å². The van der Waals surface area contributed by atoms with E-state index in [1.807, 2.05) is 19.1 Å². The van der Waals surface area contributed by atoms with Crippen molar-refractivity contribution in [1.29, 1.82) is 0 Å². The lowest BCUT2D eigenvalue weighted by atomic mass is 9.81. The van der Waals surface area contributed by atoms with Crippen LogP contribution in [0.2, 0.25) is 0 Å². The van der Waals surface area contributed by atoms with Crippen LogP contribution in [-0.4, -0.2) is 17.3 Å². The lowest BCUT2D eigenvalue weighted by Gasteiger charge is -2.20. The van der Waals surface area contributed by atoms with Crippen molar-refractivity contribution < 1.29 is 14.4 Å². The molecule has 0 unspecified atom stereocenters. The number of aryl methyl sites for hydroxylation is 1. The molecule has 1 aliphatic rings. The first-order valence-electron chi connectivity index (χ1n) is 8.22. The molecule has 4 rings (SSSR count). The van der Waals surface area contributed by atoms with Gasteiger partial charge in [0, 0.05) is 27.8 Å². The molecule has 126 valence electrons. The number of hydrogen-bond donors (Lipinski definition) is 1. The Hall–Kier alpha value is -3.53. The van der Waals surface area contributed by atoms with Crippen molar-refractivity contribution in [1.82, 2.24) is 0 Å². The summed E-state index contributed by atoms with van der Waals surface area (Å²) in [5.74, 6) is -0.841. The van der Waals surface area contributed by atoms with E-state index in [-0.39, 0.29) is 39.7 Å². The van der Waals surface area contributed by atoms with Crippen LogP contribution in [0.1, 0.15) is 53.3 Å². The van der Waals surface area contributed by atoms with Gasteiger partial charge in [-0.3, -0.25) is 14.4 Å². The number of nitrogens with two attached hydrogens (primary N) is 1. The van der Waals surface area contributed by atoms with Crippen molar-refractivity contribution in [3.8, 4) is 0 Å². The lowest BCUT2D eigenvalue weighted by Crippen LogP contribution is -2.23. The monoisotopic (exact) mass is 341 g/mol. The molecule has 4 nitrogen and oxygen atoms in total. The van der Waals surface area contributed by atoms with Crippen LogP contribution in [0.4, 0.5) is 5.69 Å². The van der Waals surface area contributed by atoms with Crippen LogP contribution in [-0.2, 0) is 0 Å². The normalized spacial score (nSPS) is 12.5. The molecule has 0 saturated carbocycles. The Morgan fingerprint density at radius 2 is 1.35 bits per heavy atom. The summed E-state index contributed by atoms with van der Waals surface area (Å²) in [5, 5.41) is 0. The van der Waals surface area contributed by atoms with Gasteiger partial charge >= 0.3 is 0 Å².